The number of hydrogen-bond acceptors (Lipinski definition) is 10. The second-order valence-corrected chi connectivity index (χ2v) is 13.7. The Hall–Kier alpha value is -2.62. The van der Waals surface area contributed by atoms with Crippen LogP contribution in [0.5, 0.6) is 0 Å². The maximum absolute atomic E-state index is 13.5. The zero-order valence-corrected chi connectivity index (χ0v) is 28.5. The van der Waals surface area contributed by atoms with Gasteiger partial charge in [0.2, 0.25) is 11.8 Å². The number of carbonyl (C=O) groups excluding carboxylic acids is 2. The second kappa shape index (κ2) is 19.5. The smallest absolute Gasteiger partial charge is 0.330 e. The number of aromatic amines is 1. The van der Waals surface area contributed by atoms with Crippen LogP contribution in [-0.2, 0) is 19.2 Å². The molecule has 3 aliphatic heterocycles. The van der Waals surface area contributed by atoms with Crippen LogP contribution in [0, 0.1) is 5.92 Å². The molecule has 1 aromatic rings. The number of amides is 2. The first-order valence-corrected chi connectivity index (χ1v) is 18.3. The van der Waals surface area contributed by atoms with Gasteiger partial charge in [-0.2, -0.15) is 5.06 Å². The maximum Gasteiger partial charge on any atom is 0.330 e. The molecule has 14 heteroatoms. The lowest BCUT2D eigenvalue weighted by Gasteiger charge is -2.35. The molecular weight excluding hydrogens is 620 g/mol. The molecule has 7 N–H and O–H groups in total. The van der Waals surface area contributed by atoms with E-state index in [1.165, 1.54) is 70.4 Å². The summed E-state index contributed by atoms with van der Waals surface area (Å²) in [6.45, 7) is 3.38. The molecule has 0 spiro atoms. The number of ether oxygens (including phenoxy) is 1. The third kappa shape index (κ3) is 10.4. The Balaban J connectivity index is 1.21. The fourth-order valence-corrected chi connectivity index (χ4v) is 7.24. The molecule has 0 radical (unpaired) electrons. The predicted molar refractivity (Wildman–Crippen MR) is 180 cm³/mol. The quantitative estimate of drug-likeness (QED) is 0.104. The van der Waals surface area contributed by atoms with E-state index in [1.54, 1.807) is 5.06 Å². The van der Waals surface area contributed by atoms with Crippen LogP contribution < -0.4 is 27.6 Å². The van der Waals surface area contributed by atoms with Crippen molar-refractivity contribution in [3.63, 3.8) is 0 Å². The van der Waals surface area contributed by atoms with Gasteiger partial charge < -0.3 is 31.3 Å². The standard InChI is InChI=1S/C34H58N6O8/c1-2-3-4-5-6-7-8-9-10-11-12-13-14-16-25(41)36-22-23-21-24-27(32(45)37-23)30(48-40(24)19-15-18-35)31-28(43)29(44)33(47-31)39-20-17-26(42)38-34(39)46/h17,20,23-24,27-31,33,43-44H,2-16,18-19,21-22,35H2,1H3,(H,36,41)(H,37,45)(H,38,42,46)/t23-,24-,27+,28-,29+,30+,31-,33+/m0/s1. The van der Waals surface area contributed by atoms with Crippen LogP contribution in [0.2, 0.25) is 0 Å². The lowest BCUT2D eigenvalue weighted by Crippen LogP contribution is -2.58. The number of hydrogen-bond donors (Lipinski definition) is 6. The second-order valence-electron chi connectivity index (χ2n) is 13.7. The number of aliphatic hydroxyl groups excluding tert-OH is 2. The lowest BCUT2D eigenvalue weighted by atomic mass is 9.82. The minimum atomic E-state index is -1.51. The minimum Gasteiger partial charge on any atom is -0.387 e. The van der Waals surface area contributed by atoms with Gasteiger partial charge in [-0.25, -0.2) is 4.79 Å². The largest absolute Gasteiger partial charge is 0.387 e. The Morgan fingerprint density at radius 3 is 2.21 bits per heavy atom. The number of unbranched alkanes of at least 4 members (excludes halogenated alkanes) is 12. The molecule has 0 aromatic carbocycles. The number of carbonyl (C=O) groups is 2. The van der Waals surface area contributed by atoms with Gasteiger partial charge in [0.05, 0.1) is 12.0 Å². The number of aromatic nitrogens is 2. The molecule has 3 saturated heterocycles. The first kappa shape index (κ1) is 38.2. The topological polar surface area (TPSA) is 201 Å². The molecule has 48 heavy (non-hydrogen) atoms. The highest BCUT2D eigenvalue weighted by Gasteiger charge is 2.59. The van der Waals surface area contributed by atoms with Crippen LogP contribution in [0.1, 0.15) is 116 Å². The maximum atomic E-state index is 13.5. The van der Waals surface area contributed by atoms with Gasteiger partial charge in [-0.15, -0.1) is 0 Å². The van der Waals surface area contributed by atoms with Crippen molar-refractivity contribution < 1.29 is 29.4 Å². The molecule has 3 aliphatic rings. The molecule has 2 amide bonds. The van der Waals surface area contributed by atoms with Crippen LogP contribution in [0.25, 0.3) is 0 Å². The van der Waals surface area contributed by atoms with Crippen molar-refractivity contribution in [1.82, 2.24) is 25.2 Å². The molecule has 0 bridgehead atoms. The zero-order chi connectivity index (χ0) is 34.5. The van der Waals surface area contributed by atoms with Crippen molar-refractivity contribution in [2.75, 3.05) is 19.6 Å². The van der Waals surface area contributed by atoms with Gasteiger partial charge in [0.1, 0.15) is 24.4 Å². The van der Waals surface area contributed by atoms with Crippen molar-refractivity contribution in [3.8, 4) is 0 Å². The molecule has 4 heterocycles. The highest BCUT2D eigenvalue weighted by Crippen LogP contribution is 2.41. The normalized spacial score (nSPS) is 28.8. The summed E-state index contributed by atoms with van der Waals surface area (Å²) in [4.78, 5) is 58.3. The van der Waals surface area contributed by atoms with E-state index in [0.717, 1.165) is 29.9 Å². The van der Waals surface area contributed by atoms with Gasteiger partial charge in [0.25, 0.3) is 5.56 Å². The Morgan fingerprint density at radius 2 is 1.58 bits per heavy atom. The highest BCUT2D eigenvalue weighted by atomic mass is 16.7. The highest BCUT2D eigenvalue weighted by molar-refractivity contribution is 5.82. The Labute approximate surface area is 283 Å². The van der Waals surface area contributed by atoms with Gasteiger partial charge in [-0.3, -0.25) is 28.8 Å². The van der Waals surface area contributed by atoms with E-state index in [-0.39, 0.29) is 23.9 Å². The van der Waals surface area contributed by atoms with E-state index in [9.17, 15) is 29.4 Å². The van der Waals surface area contributed by atoms with Crippen LogP contribution in [0.3, 0.4) is 0 Å². The van der Waals surface area contributed by atoms with E-state index < -0.39 is 47.8 Å². The number of nitrogens with zero attached hydrogens (tertiary/aromatic N) is 2. The first-order chi connectivity index (χ1) is 23.2. The summed E-state index contributed by atoms with van der Waals surface area (Å²) in [5, 5.41) is 29.4. The number of nitrogens with one attached hydrogen (secondary N) is 3. The summed E-state index contributed by atoms with van der Waals surface area (Å²) >= 11 is 0. The predicted octanol–water partition coefficient (Wildman–Crippen LogP) is 1.59. The van der Waals surface area contributed by atoms with Gasteiger partial charge in [0, 0.05) is 37.8 Å². The average molecular weight is 679 g/mol. The van der Waals surface area contributed by atoms with Crippen LogP contribution in [-0.4, -0.2) is 92.8 Å². The Kier molecular flexibility index (Phi) is 15.5. The molecule has 14 nitrogen and oxygen atoms in total. The fourth-order valence-electron chi connectivity index (χ4n) is 7.24. The average Bonchev–Trinajstić information content (AvgIpc) is 3.57. The number of H-pyrrole nitrogens is 1. The molecule has 1 aromatic heterocycles. The molecular formula is C34H58N6O8. The number of nitrogens with two attached hydrogens (primary N) is 1. The summed E-state index contributed by atoms with van der Waals surface area (Å²) in [7, 11) is 0. The molecule has 0 saturated carbocycles. The van der Waals surface area contributed by atoms with E-state index in [0.29, 0.717) is 38.9 Å². The van der Waals surface area contributed by atoms with Crippen molar-refractivity contribution >= 4 is 11.8 Å². The lowest BCUT2D eigenvalue weighted by molar-refractivity contribution is -0.202. The van der Waals surface area contributed by atoms with Crippen LogP contribution in [0.4, 0.5) is 0 Å². The molecule has 8 atom stereocenters. The number of piperidine rings is 1. The Morgan fingerprint density at radius 1 is 0.938 bits per heavy atom. The number of rotatable bonds is 21. The molecule has 0 aliphatic carbocycles. The molecule has 272 valence electrons. The summed E-state index contributed by atoms with van der Waals surface area (Å²) in [5.74, 6) is -1.08. The monoisotopic (exact) mass is 678 g/mol. The molecule has 0 unspecified atom stereocenters. The van der Waals surface area contributed by atoms with Gasteiger partial charge >= 0.3 is 5.69 Å². The van der Waals surface area contributed by atoms with Gasteiger partial charge in [-0.1, -0.05) is 84.0 Å². The van der Waals surface area contributed by atoms with Crippen molar-refractivity contribution in [1.29, 1.82) is 0 Å². The van der Waals surface area contributed by atoms with E-state index in [1.807, 2.05) is 0 Å². The fraction of sp³-hybridized carbons (Fsp3) is 0.824. The SMILES string of the molecule is CCCCCCCCCCCCCCCC(=O)NC[C@@H]1C[C@H]2[C@@H](C(=O)N1)[C@H]([C@H]1O[C@@H](n3ccc(=O)[nH]c3=O)[C@H](O)[C@@H]1O)ON2CCCN. The number of aliphatic hydroxyl groups is 2. The summed E-state index contributed by atoms with van der Waals surface area (Å²) in [6.07, 6.45) is 12.6. The summed E-state index contributed by atoms with van der Waals surface area (Å²) in [5.41, 5.74) is 4.35. The number of fused-ring (bicyclic) bond motifs is 1. The van der Waals surface area contributed by atoms with E-state index in [4.69, 9.17) is 15.3 Å². The van der Waals surface area contributed by atoms with Crippen molar-refractivity contribution in [2.24, 2.45) is 11.7 Å². The third-order valence-electron chi connectivity index (χ3n) is 9.93. The number of hydroxylamine groups is 2. The van der Waals surface area contributed by atoms with E-state index >= 15 is 0 Å². The zero-order valence-electron chi connectivity index (χ0n) is 28.5. The van der Waals surface area contributed by atoms with Gasteiger partial charge in [-0.05, 0) is 25.8 Å². The summed E-state index contributed by atoms with van der Waals surface area (Å²) in [6, 6.07) is 0.423. The van der Waals surface area contributed by atoms with Crippen LogP contribution in [0.15, 0.2) is 21.9 Å². The Bertz CT molecular complexity index is 1260. The van der Waals surface area contributed by atoms with Gasteiger partial charge in [0.15, 0.2) is 6.23 Å². The summed E-state index contributed by atoms with van der Waals surface area (Å²) < 4.78 is 6.95. The third-order valence-corrected chi connectivity index (χ3v) is 9.93. The molecule has 4 rings (SSSR count). The molecule has 3 fully saturated rings. The van der Waals surface area contributed by atoms with E-state index in [2.05, 4.69) is 22.5 Å². The first-order valence-electron chi connectivity index (χ1n) is 18.3. The van der Waals surface area contributed by atoms with Crippen molar-refractivity contribution in [2.45, 2.75) is 152 Å². The minimum absolute atomic E-state index is 0.0324. The van der Waals surface area contributed by atoms with Crippen LogP contribution >= 0.6 is 0 Å². The van der Waals surface area contributed by atoms with Crippen molar-refractivity contribution in [3.05, 3.63) is 33.1 Å².